The summed E-state index contributed by atoms with van der Waals surface area (Å²) in [5.74, 6) is 0.803. The summed E-state index contributed by atoms with van der Waals surface area (Å²) < 4.78 is 38.5. The number of carbonyl (C=O) groups excluding carboxylic acids is 1. The van der Waals surface area contributed by atoms with E-state index >= 15 is 0 Å². The van der Waals surface area contributed by atoms with E-state index in [2.05, 4.69) is 4.90 Å². The van der Waals surface area contributed by atoms with Crippen LogP contribution in [0.5, 0.6) is 5.75 Å². The number of likely N-dealkylation sites (tertiary alicyclic amines) is 1. The van der Waals surface area contributed by atoms with E-state index in [0.717, 1.165) is 11.4 Å². The minimum Gasteiger partial charge on any atom is -0.497 e. The van der Waals surface area contributed by atoms with Crippen LogP contribution in [0.3, 0.4) is 0 Å². The van der Waals surface area contributed by atoms with Gasteiger partial charge in [-0.2, -0.15) is 4.31 Å². The Labute approximate surface area is 179 Å². The van der Waals surface area contributed by atoms with Crippen molar-refractivity contribution in [3.05, 3.63) is 24.3 Å². The number of amides is 1. The molecule has 2 fully saturated rings. The van der Waals surface area contributed by atoms with Gasteiger partial charge in [0.1, 0.15) is 11.4 Å². The lowest BCUT2D eigenvalue weighted by Crippen LogP contribution is -2.53. The van der Waals surface area contributed by atoms with Crippen LogP contribution < -0.4 is 9.64 Å². The molecule has 0 atom stereocenters. The van der Waals surface area contributed by atoms with Crippen LogP contribution in [0.15, 0.2) is 24.3 Å². The summed E-state index contributed by atoms with van der Waals surface area (Å²) in [5.41, 5.74) is 0.516. The quantitative estimate of drug-likeness (QED) is 0.717. The van der Waals surface area contributed by atoms with Gasteiger partial charge in [0, 0.05) is 45.0 Å². The third kappa shape index (κ3) is 5.37. The maximum atomic E-state index is 13.1. The predicted molar refractivity (Wildman–Crippen MR) is 117 cm³/mol. The van der Waals surface area contributed by atoms with E-state index in [1.54, 1.807) is 16.3 Å². The van der Waals surface area contributed by atoms with Gasteiger partial charge in [-0.1, -0.05) is 0 Å². The average Bonchev–Trinajstić information content (AvgIpc) is 2.73. The van der Waals surface area contributed by atoms with E-state index < -0.39 is 20.9 Å². The number of carbonyl (C=O) groups is 1. The SMILES string of the molecule is COc1ccc(N2CCN(S(=O)(=O)C3CCN(C(=O)OC(C)(C)C)CC3)CC2)cc1. The highest BCUT2D eigenvalue weighted by atomic mass is 32.2. The molecule has 8 nitrogen and oxygen atoms in total. The largest absolute Gasteiger partial charge is 0.497 e. The molecule has 2 aliphatic rings. The number of nitrogens with zero attached hydrogens (tertiary/aromatic N) is 3. The highest BCUT2D eigenvalue weighted by Crippen LogP contribution is 2.25. The molecule has 2 saturated heterocycles. The normalized spacial score (nSPS) is 19.6. The number of piperidine rings is 1. The molecule has 0 unspecified atom stereocenters. The van der Waals surface area contributed by atoms with Crippen LogP contribution in [0.2, 0.25) is 0 Å². The molecule has 0 bridgehead atoms. The summed E-state index contributed by atoms with van der Waals surface area (Å²) in [6, 6.07) is 7.82. The first-order chi connectivity index (χ1) is 14.1. The molecule has 1 aromatic carbocycles. The molecule has 0 N–H and O–H groups in total. The van der Waals surface area contributed by atoms with Crippen molar-refractivity contribution in [2.75, 3.05) is 51.3 Å². The van der Waals surface area contributed by atoms with Crippen LogP contribution in [0.1, 0.15) is 33.6 Å². The van der Waals surface area contributed by atoms with E-state index in [4.69, 9.17) is 9.47 Å². The number of benzene rings is 1. The van der Waals surface area contributed by atoms with Crippen molar-refractivity contribution in [3.8, 4) is 5.75 Å². The maximum absolute atomic E-state index is 13.1. The predicted octanol–water partition coefficient (Wildman–Crippen LogP) is 2.55. The number of methoxy groups -OCH3 is 1. The van der Waals surface area contributed by atoms with Crippen molar-refractivity contribution in [2.24, 2.45) is 0 Å². The van der Waals surface area contributed by atoms with Gasteiger partial charge in [-0.3, -0.25) is 0 Å². The molecule has 0 spiro atoms. The summed E-state index contributed by atoms with van der Waals surface area (Å²) in [6.07, 6.45) is 0.520. The van der Waals surface area contributed by atoms with Gasteiger partial charge in [0.15, 0.2) is 0 Å². The van der Waals surface area contributed by atoms with Crippen LogP contribution in [0, 0.1) is 0 Å². The second-order valence-corrected chi connectivity index (χ2v) is 11.0. The Morgan fingerprint density at radius 1 is 0.967 bits per heavy atom. The molecule has 9 heteroatoms. The number of ether oxygens (including phenoxy) is 2. The van der Waals surface area contributed by atoms with E-state index in [9.17, 15) is 13.2 Å². The molecule has 168 valence electrons. The fourth-order valence-corrected chi connectivity index (χ4v) is 5.77. The first kappa shape index (κ1) is 22.7. The fraction of sp³-hybridized carbons (Fsp3) is 0.667. The summed E-state index contributed by atoms with van der Waals surface area (Å²) in [7, 11) is -1.74. The first-order valence-corrected chi connectivity index (χ1v) is 12.0. The second-order valence-electron chi connectivity index (χ2n) is 8.80. The number of anilines is 1. The van der Waals surface area contributed by atoms with Gasteiger partial charge in [-0.15, -0.1) is 0 Å². The third-order valence-electron chi connectivity index (χ3n) is 5.55. The molecule has 1 aromatic rings. The monoisotopic (exact) mass is 439 g/mol. The zero-order valence-corrected chi connectivity index (χ0v) is 19.2. The average molecular weight is 440 g/mol. The zero-order valence-electron chi connectivity index (χ0n) is 18.3. The number of hydrogen-bond donors (Lipinski definition) is 0. The first-order valence-electron chi connectivity index (χ1n) is 10.5. The number of sulfonamides is 1. The van der Waals surface area contributed by atoms with Gasteiger partial charge in [0.05, 0.1) is 12.4 Å². The van der Waals surface area contributed by atoms with E-state index in [-0.39, 0.29) is 6.09 Å². The molecule has 3 rings (SSSR count). The standard InChI is InChI=1S/C21H33N3O5S/c1-21(2,3)29-20(25)23-11-9-19(10-12-23)30(26,27)24-15-13-22(14-16-24)17-5-7-18(28-4)8-6-17/h5-8,19H,9-16H2,1-4H3. The summed E-state index contributed by atoms with van der Waals surface area (Å²) in [6.45, 7) is 8.55. The van der Waals surface area contributed by atoms with Crippen molar-refractivity contribution in [1.82, 2.24) is 9.21 Å². The molecular weight excluding hydrogens is 406 g/mol. The van der Waals surface area contributed by atoms with E-state index in [0.29, 0.717) is 52.1 Å². The molecule has 0 aromatic heterocycles. The highest BCUT2D eigenvalue weighted by Gasteiger charge is 2.37. The van der Waals surface area contributed by atoms with Crippen molar-refractivity contribution in [2.45, 2.75) is 44.5 Å². The van der Waals surface area contributed by atoms with Crippen LogP contribution in [0.25, 0.3) is 0 Å². The summed E-state index contributed by atoms with van der Waals surface area (Å²) >= 11 is 0. The number of hydrogen-bond acceptors (Lipinski definition) is 6. The Kier molecular flexibility index (Phi) is 6.81. The molecular formula is C21H33N3O5S. The third-order valence-corrected chi connectivity index (χ3v) is 7.95. The Morgan fingerprint density at radius 3 is 2.03 bits per heavy atom. The lowest BCUT2D eigenvalue weighted by Gasteiger charge is -2.39. The van der Waals surface area contributed by atoms with Gasteiger partial charge in [-0.25, -0.2) is 13.2 Å². The lowest BCUT2D eigenvalue weighted by molar-refractivity contribution is 0.0216. The van der Waals surface area contributed by atoms with Gasteiger partial charge in [0.2, 0.25) is 10.0 Å². The maximum Gasteiger partial charge on any atom is 0.410 e. The highest BCUT2D eigenvalue weighted by molar-refractivity contribution is 7.89. The molecule has 2 aliphatic heterocycles. The minimum atomic E-state index is -3.38. The van der Waals surface area contributed by atoms with E-state index in [1.165, 1.54) is 0 Å². The molecule has 0 saturated carbocycles. The number of rotatable bonds is 4. The second kappa shape index (κ2) is 9.01. The van der Waals surface area contributed by atoms with Crippen molar-refractivity contribution < 1.29 is 22.7 Å². The lowest BCUT2D eigenvalue weighted by atomic mass is 10.1. The molecule has 1 amide bonds. The van der Waals surface area contributed by atoms with Crippen molar-refractivity contribution >= 4 is 21.8 Å². The van der Waals surface area contributed by atoms with Crippen LogP contribution in [-0.4, -0.2) is 80.9 Å². The van der Waals surface area contributed by atoms with Gasteiger partial charge in [-0.05, 0) is 57.9 Å². The fourth-order valence-electron chi connectivity index (χ4n) is 3.87. The van der Waals surface area contributed by atoms with Crippen LogP contribution in [0.4, 0.5) is 10.5 Å². The summed E-state index contributed by atoms with van der Waals surface area (Å²) in [5, 5.41) is -0.441. The molecule has 0 radical (unpaired) electrons. The van der Waals surface area contributed by atoms with Gasteiger partial charge in [0.25, 0.3) is 0 Å². The smallest absolute Gasteiger partial charge is 0.410 e. The number of piperazine rings is 1. The van der Waals surface area contributed by atoms with Crippen LogP contribution >= 0.6 is 0 Å². The Bertz CT molecular complexity index is 819. The Hall–Kier alpha value is -2.00. The molecule has 0 aliphatic carbocycles. The topological polar surface area (TPSA) is 79.4 Å². The minimum absolute atomic E-state index is 0.369. The zero-order chi connectivity index (χ0) is 21.9. The summed E-state index contributed by atoms with van der Waals surface area (Å²) in [4.78, 5) is 16.0. The molecule has 30 heavy (non-hydrogen) atoms. The van der Waals surface area contributed by atoms with Crippen molar-refractivity contribution in [1.29, 1.82) is 0 Å². The molecule has 2 heterocycles. The van der Waals surface area contributed by atoms with Crippen LogP contribution in [-0.2, 0) is 14.8 Å². The van der Waals surface area contributed by atoms with E-state index in [1.807, 2.05) is 45.0 Å². The van der Waals surface area contributed by atoms with Gasteiger partial charge < -0.3 is 19.3 Å². The van der Waals surface area contributed by atoms with Crippen molar-refractivity contribution in [3.63, 3.8) is 0 Å². The van der Waals surface area contributed by atoms with Gasteiger partial charge >= 0.3 is 6.09 Å². The Morgan fingerprint density at radius 2 is 1.53 bits per heavy atom. The Balaban J connectivity index is 1.52.